The van der Waals surface area contributed by atoms with Crippen molar-refractivity contribution in [2.24, 2.45) is 0 Å². The van der Waals surface area contributed by atoms with Crippen LogP contribution in [0, 0.1) is 6.92 Å². The van der Waals surface area contributed by atoms with E-state index >= 15 is 0 Å². The lowest BCUT2D eigenvalue weighted by Crippen LogP contribution is -2.24. The van der Waals surface area contributed by atoms with Crippen molar-refractivity contribution in [3.63, 3.8) is 0 Å². The molecule has 0 fully saturated rings. The van der Waals surface area contributed by atoms with Gasteiger partial charge in [0.2, 0.25) is 5.82 Å². The van der Waals surface area contributed by atoms with Gasteiger partial charge in [0, 0.05) is 12.0 Å². The summed E-state index contributed by atoms with van der Waals surface area (Å²) in [5.74, 6) is 0.995. The smallest absolute Gasteiger partial charge is 0.261 e. The normalized spacial score (nSPS) is 14.7. The number of anilines is 1. The highest BCUT2D eigenvalue weighted by molar-refractivity contribution is 7.16. The fourth-order valence-corrected chi connectivity index (χ4v) is 2.42. The first-order chi connectivity index (χ1) is 8.50. The number of hydrogen-bond acceptors (Lipinski definition) is 6. The molecule has 5 nitrogen and oxygen atoms in total. The van der Waals surface area contributed by atoms with E-state index in [1.807, 2.05) is 26.8 Å². The Bertz CT molecular complexity index is 543. The zero-order valence-corrected chi connectivity index (χ0v) is 11.8. The van der Waals surface area contributed by atoms with Crippen molar-refractivity contribution in [3.05, 3.63) is 16.8 Å². The van der Waals surface area contributed by atoms with Crippen LogP contribution in [0.4, 0.5) is 5.00 Å². The molecule has 0 aliphatic carbocycles. The van der Waals surface area contributed by atoms with Gasteiger partial charge in [0.15, 0.2) is 0 Å². The summed E-state index contributed by atoms with van der Waals surface area (Å²) in [6.07, 6.45) is 0.765. The van der Waals surface area contributed by atoms with Gasteiger partial charge in [-0.2, -0.15) is 4.98 Å². The van der Waals surface area contributed by atoms with Crippen molar-refractivity contribution in [1.82, 2.24) is 10.1 Å². The van der Waals surface area contributed by atoms with Gasteiger partial charge in [0.1, 0.15) is 5.60 Å². The van der Waals surface area contributed by atoms with Crippen molar-refractivity contribution in [3.8, 4) is 11.5 Å². The zero-order valence-electron chi connectivity index (χ0n) is 11.0. The SMILES string of the molecule is CCC(C)(OC)c1noc(-c2cc(C)sc2N)n1. The van der Waals surface area contributed by atoms with Crippen LogP contribution < -0.4 is 5.73 Å². The molecule has 0 aromatic carbocycles. The summed E-state index contributed by atoms with van der Waals surface area (Å²) in [6, 6.07) is 1.95. The second-order valence-corrected chi connectivity index (χ2v) is 5.63. The summed E-state index contributed by atoms with van der Waals surface area (Å²) in [7, 11) is 1.64. The number of ether oxygens (including phenoxy) is 1. The first-order valence-electron chi connectivity index (χ1n) is 5.75. The number of nitrogen functional groups attached to an aromatic ring is 1. The molecule has 0 spiro atoms. The molecule has 98 valence electrons. The molecule has 0 aliphatic rings. The number of rotatable bonds is 4. The summed E-state index contributed by atoms with van der Waals surface area (Å²) < 4.78 is 10.7. The minimum atomic E-state index is -0.526. The number of nitrogens with zero attached hydrogens (tertiary/aromatic N) is 2. The van der Waals surface area contributed by atoms with E-state index in [4.69, 9.17) is 15.0 Å². The average molecular weight is 267 g/mol. The molecule has 0 amide bonds. The standard InChI is InChI=1S/C12H17N3O2S/c1-5-12(3,16-4)11-14-10(17-15-11)8-6-7(2)18-9(8)13/h6H,5,13H2,1-4H3. The Morgan fingerprint density at radius 2 is 2.28 bits per heavy atom. The van der Waals surface area contributed by atoms with E-state index in [1.165, 1.54) is 11.3 Å². The van der Waals surface area contributed by atoms with Gasteiger partial charge in [-0.05, 0) is 26.3 Å². The summed E-state index contributed by atoms with van der Waals surface area (Å²) >= 11 is 1.51. The molecule has 0 bridgehead atoms. The molecule has 0 saturated heterocycles. The zero-order chi connectivity index (χ0) is 13.3. The third kappa shape index (κ3) is 2.13. The van der Waals surface area contributed by atoms with Crippen LogP contribution >= 0.6 is 11.3 Å². The predicted octanol–water partition coefficient (Wildman–Crippen LogP) is 2.96. The van der Waals surface area contributed by atoms with Gasteiger partial charge in [-0.25, -0.2) is 0 Å². The summed E-state index contributed by atoms with van der Waals surface area (Å²) in [5, 5.41) is 4.69. The van der Waals surface area contributed by atoms with Crippen LogP contribution in [0.15, 0.2) is 10.6 Å². The highest BCUT2D eigenvalue weighted by Crippen LogP contribution is 2.34. The van der Waals surface area contributed by atoms with Gasteiger partial charge in [-0.3, -0.25) is 0 Å². The molecule has 0 radical (unpaired) electrons. The van der Waals surface area contributed by atoms with Gasteiger partial charge in [0.25, 0.3) is 5.89 Å². The van der Waals surface area contributed by atoms with Gasteiger partial charge < -0.3 is 15.0 Å². The number of hydrogen-bond donors (Lipinski definition) is 1. The number of thiophene rings is 1. The van der Waals surface area contributed by atoms with Gasteiger partial charge in [-0.1, -0.05) is 12.1 Å². The minimum absolute atomic E-state index is 0.448. The lowest BCUT2D eigenvalue weighted by molar-refractivity contribution is -0.0106. The topological polar surface area (TPSA) is 74.2 Å². The molecule has 2 N–H and O–H groups in total. The first kappa shape index (κ1) is 13.0. The number of methoxy groups -OCH3 is 1. The largest absolute Gasteiger partial charge is 0.390 e. The van der Waals surface area contributed by atoms with Crippen molar-refractivity contribution >= 4 is 16.3 Å². The van der Waals surface area contributed by atoms with E-state index in [0.29, 0.717) is 16.7 Å². The molecule has 2 aromatic rings. The van der Waals surface area contributed by atoms with Crippen LogP contribution in [0.5, 0.6) is 0 Å². The quantitative estimate of drug-likeness (QED) is 0.921. The summed E-state index contributed by atoms with van der Waals surface area (Å²) in [4.78, 5) is 5.51. The molecule has 0 saturated carbocycles. The van der Waals surface area contributed by atoms with Crippen LogP contribution in [0.1, 0.15) is 31.0 Å². The van der Waals surface area contributed by atoms with Crippen molar-refractivity contribution in [2.45, 2.75) is 32.8 Å². The Kier molecular flexibility index (Phi) is 3.41. The van der Waals surface area contributed by atoms with Crippen LogP contribution in [-0.4, -0.2) is 17.3 Å². The van der Waals surface area contributed by atoms with Crippen LogP contribution in [-0.2, 0) is 10.3 Å². The Morgan fingerprint density at radius 1 is 1.56 bits per heavy atom. The minimum Gasteiger partial charge on any atom is -0.390 e. The first-order valence-corrected chi connectivity index (χ1v) is 6.57. The lowest BCUT2D eigenvalue weighted by Gasteiger charge is -2.21. The van der Waals surface area contributed by atoms with E-state index < -0.39 is 5.60 Å². The Labute approximate surface area is 110 Å². The Balaban J connectivity index is 2.39. The van der Waals surface area contributed by atoms with Crippen LogP contribution in [0.3, 0.4) is 0 Å². The highest BCUT2D eigenvalue weighted by Gasteiger charge is 2.30. The van der Waals surface area contributed by atoms with Crippen LogP contribution in [0.25, 0.3) is 11.5 Å². The molecule has 6 heteroatoms. The van der Waals surface area contributed by atoms with E-state index in [-0.39, 0.29) is 0 Å². The monoisotopic (exact) mass is 267 g/mol. The van der Waals surface area contributed by atoms with Crippen molar-refractivity contribution in [1.29, 1.82) is 0 Å². The van der Waals surface area contributed by atoms with Crippen LogP contribution in [0.2, 0.25) is 0 Å². The third-order valence-corrected chi connectivity index (χ3v) is 4.02. The van der Waals surface area contributed by atoms with Crippen molar-refractivity contribution < 1.29 is 9.26 Å². The number of nitrogens with two attached hydrogens (primary N) is 1. The predicted molar refractivity (Wildman–Crippen MR) is 71.4 cm³/mol. The molecular formula is C12H17N3O2S. The van der Waals surface area contributed by atoms with E-state index in [2.05, 4.69) is 10.1 Å². The third-order valence-electron chi connectivity index (χ3n) is 3.14. The molecule has 2 heterocycles. The molecule has 2 aromatic heterocycles. The maximum absolute atomic E-state index is 5.92. The molecule has 1 atom stereocenters. The molecular weight excluding hydrogens is 250 g/mol. The molecule has 0 aliphatic heterocycles. The second kappa shape index (κ2) is 4.70. The second-order valence-electron chi connectivity index (χ2n) is 4.35. The molecule has 18 heavy (non-hydrogen) atoms. The van der Waals surface area contributed by atoms with E-state index in [0.717, 1.165) is 16.9 Å². The summed E-state index contributed by atoms with van der Waals surface area (Å²) in [5.41, 5.74) is 6.19. The number of aryl methyl sites for hydroxylation is 1. The summed E-state index contributed by atoms with van der Waals surface area (Å²) in [6.45, 7) is 5.94. The average Bonchev–Trinajstić information content (AvgIpc) is 2.95. The molecule has 2 rings (SSSR count). The molecule has 1 unspecified atom stereocenters. The Morgan fingerprint density at radius 3 is 2.78 bits per heavy atom. The fraction of sp³-hybridized carbons (Fsp3) is 0.500. The fourth-order valence-electron chi connectivity index (χ4n) is 1.64. The highest BCUT2D eigenvalue weighted by atomic mass is 32.1. The Hall–Kier alpha value is -1.40. The van der Waals surface area contributed by atoms with Crippen molar-refractivity contribution in [2.75, 3.05) is 12.8 Å². The maximum atomic E-state index is 5.92. The number of aromatic nitrogens is 2. The maximum Gasteiger partial charge on any atom is 0.261 e. The van der Waals surface area contributed by atoms with E-state index in [9.17, 15) is 0 Å². The van der Waals surface area contributed by atoms with Gasteiger partial charge in [0.05, 0.1) is 10.6 Å². The van der Waals surface area contributed by atoms with Gasteiger partial charge >= 0.3 is 0 Å². The van der Waals surface area contributed by atoms with E-state index in [1.54, 1.807) is 7.11 Å². The lowest BCUT2D eigenvalue weighted by atomic mass is 10.0. The van der Waals surface area contributed by atoms with Gasteiger partial charge in [-0.15, -0.1) is 11.3 Å².